The van der Waals surface area contributed by atoms with Crippen molar-refractivity contribution < 1.29 is 0 Å². The van der Waals surface area contributed by atoms with E-state index >= 15 is 0 Å². The van der Waals surface area contributed by atoms with Gasteiger partial charge in [0, 0.05) is 13.1 Å². The lowest BCUT2D eigenvalue weighted by atomic mass is 10.2. The topological polar surface area (TPSA) is 3.24 Å². The van der Waals surface area contributed by atoms with Gasteiger partial charge in [-0.2, -0.15) is 0 Å². The molecule has 0 fully saturated rings. The molecular formula is C18H22ClN. The van der Waals surface area contributed by atoms with Gasteiger partial charge in [0.1, 0.15) is 0 Å². The third-order valence-electron chi connectivity index (χ3n) is 3.17. The van der Waals surface area contributed by atoms with E-state index in [1.165, 1.54) is 11.1 Å². The summed E-state index contributed by atoms with van der Waals surface area (Å²) in [6.07, 6.45) is 4.43. The zero-order valence-electron chi connectivity index (χ0n) is 11.9. The fourth-order valence-corrected chi connectivity index (χ4v) is 2.05. The Morgan fingerprint density at radius 2 is 1.50 bits per heavy atom. The number of rotatable bonds is 6. The highest BCUT2D eigenvalue weighted by molar-refractivity contribution is 5.85. The average Bonchev–Trinajstić information content (AvgIpc) is 2.48. The van der Waals surface area contributed by atoms with Gasteiger partial charge >= 0.3 is 0 Å². The van der Waals surface area contributed by atoms with Crippen molar-refractivity contribution in [3.63, 3.8) is 0 Å². The summed E-state index contributed by atoms with van der Waals surface area (Å²) in [6.45, 7) is 5.27. The Kier molecular flexibility index (Phi) is 7.71. The van der Waals surface area contributed by atoms with E-state index in [0.29, 0.717) is 0 Å². The summed E-state index contributed by atoms with van der Waals surface area (Å²) in [4.78, 5) is 2.43. The van der Waals surface area contributed by atoms with Crippen LogP contribution in [0, 0.1) is 0 Å². The van der Waals surface area contributed by atoms with Crippen LogP contribution in [0.4, 0.5) is 0 Å². The molecule has 0 unspecified atom stereocenters. The zero-order chi connectivity index (χ0) is 13.3. The average molecular weight is 288 g/mol. The van der Waals surface area contributed by atoms with Gasteiger partial charge in [-0.05, 0) is 17.7 Å². The molecule has 0 amide bonds. The van der Waals surface area contributed by atoms with E-state index in [-0.39, 0.29) is 12.4 Å². The van der Waals surface area contributed by atoms with Crippen LogP contribution < -0.4 is 0 Å². The molecule has 1 nitrogen and oxygen atoms in total. The quantitative estimate of drug-likeness (QED) is 0.748. The lowest BCUT2D eigenvalue weighted by molar-refractivity contribution is 0.311. The monoisotopic (exact) mass is 287 g/mol. The smallest absolute Gasteiger partial charge is 0.0236 e. The second kappa shape index (κ2) is 9.35. The van der Waals surface area contributed by atoms with E-state index < -0.39 is 0 Å². The van der Waals surface area contributed by atoms with E-state index in [1.807, 2.05) is 6.07 Å². The summed E-state index contributed by atoms with van der Waals surface area (Å²) in [6, 6.07) is 21.1. The SMILES string of the molecule is CCN(CC=Cc1ccccc1)Cc1ccccc1.Cl. The van der Waals surface area contributed by atoms with Crippen LogP contribution in [0.3, 0.4) is 0 Å². The molecule has 0 radical (unpaired) electrons. The lowest BCUT2D eigenvalue weighted by Gasteiger charge is -2.18. The molecule has 2 aromatic rings. The largest absolute Gasteiger partial charge is 0.296 e. The van der Waals surface area contributed by atoms with Crippen LogP contribution in [0.25, 0.3) is 6.08 Å². The van der Waals surface area contributed by atoms with Crippen molar-refractivity contribution in [2.24, 2.45) is 0 Å². The minimum absolute atomic E-state index is 0. The fourth-order valence-electron chi connectivity index (χ4n) is 2.05. The van der Waals surface area contributed by atoms with Gasteiger partial charge in [-0.3, -0.25) is 4.90 Å². The molecular weight excluding hydrogens is 266 g/mol. The second-order valence-electron chi connectivity index (χ2n) is 4.63. The molecule has 106 valence electrons. The predicted octanol–water partition coefficient (Wildman–Crippen LogP) is 4.64. The first-order chi connectivity index (χ1) is 9.38. The number of hydrogen-bond donors (Lipinski definition) is 0. The van der Waals surface area contributed by atoms with E-state index in [9.17, 15) is 0 Å². The second-order valence-corrected chi connectivity index (χ2v) is 4.63. The van der Waals surface area contributed by atoms with Crippen molar-refractivity contribution in [1.82, 2.24) is 4.90 Å². The van der Waals surface area contributed by atoms with Gasteiger partial charge in [-0.1, -0.05) is 79.7 Å². The van der Waals surface area contributed by atoms with Gasteiger partial charge in [0.25, 0.3) is 0 Å². The van der Waals surface area contributed by atoms with Crippen LogP contribution in [0.2, 0.25) is 0 Å². The summed E-state index contributed by atoms with van der Waals surface area (Å²) in [5, 5.41) is 0. The summed E-state index contributed by atoms with van der Waals surface area (Å²) >= 11 is 0. The molecule has 0 heterocycles. The van der Waals surface area contributed by atoms with Crippen molar-refractivity contribution in [3.8, 4) is 0 Å². The third-order valence-corrected chi connectivity index (χ3v) is 3.17. The van der Waals surface area contributed by atoms with Crippen molar-refractivity contribution in [2.75, 3.05) is 13.1 Å². The van der Waals surface area contributed by atoms with Crippen molar-refractivity contribution in [3.05, 3.63) is 77.9 Å². The van der Waals surface area contributed by atoms with E-state index in [1.54, 1.807) is 0 Å². The Labute approximate surface area is 128 Å². The van der Waals surface area contributed by atoms with Gasteiger partial charge in [-0.25, -0.2) is 0 Å². The van der Waals surface area contributed by atoms with E-state index in [4.69, 9.17) is 0 Å². The van der Waals surface area contributed by atoms with Gasteiger partial charge in [0.2, 0.25) is 0 Å². The van der Waals surface area contributed by atoms with Crippen LogP contribution >= 0.6 is 12.4 Å². The molecule has 0 atom stereocenters. The highest BCUT2D eigenvalue weighted by atomic mass is 35.5. The molecule has 2 aromatic carbocycles. The third kappa shape index (κ3) is 5.60. The number of nitrogens with zero attached hydrogens (tertiary/aromatic N) is 1. The van der Waals surface area contributed by atoms with Crippen LogP contribution in [0.5, 0.6) is 0 Å². The molecule has 0 N–H and O–H groups in total. The van der Waals surface area contributed by atoms with Crippen molar-refractivity contribution >= 4 is 18.5 Å². The Morgan fingerprint density at radius 1 is 0.900 bits per heavy atom. The van der Waals surface area contributed by atoms with Gasteiger partial charge in [0.15, 0.2) is 0 Å². The molecule has 0 bridgehead atoms. The Bertz CT molecular complexity index is 493. The summed E-state index contributed by atoms with van der Waals surface area (Å²) in [5.74, 6) is 0. The van der Waals surface area contributed by atoms with E-state index in [0.717, 1.165) is 19.6 Å². The molecule has 0 aliphatic carbocycles. The molecule has 0 spiro atoms. The van der Waals surface area contributed by atoms with Crippen molar-refractivity contribution in [1.29, 1.82) is 0 Å². The van der Waals surface area contributed by atoms with Crippen LogP contribution in [0.1, 0.15) is 18.1 Å². The summed E-state index contributed by atoms with van der Waals surface area (Å²) in [5.41, 5.74) is 2.63. The normalized spacial score (nSPS) is 10.7. The maximum atomic E-state index is 2.43. The first-order valence-corrected chi connectivity index (χ1v) is 6.86. The number of halogens is 1. The highest BCUT2D eigenvalue weighted by Gasteiger charge is 2.00. The maximum absolute atomic E-state index is 2.43. The van der Waals surface area contributed by atoms with Gasteiger partial charge < -0.3 is 0 Å². The maximum Gasteiger partial charge on any atom is 0.0236 e. The van der Waals surface area contributed by atoms with Crippen LogP contribution in [0.15, 0.2) is 66.7 Å². The van der Waals surface area contributed by atoms with Gasteiger partial charge in [0.05, 0.1) is 0 Å². The molecule has 2 heteroatoms. The number of likely N-dealkylation sites (N-methyl/N-ethyl adjacent to an activating group) is 1. The zero-order valence-corrected chi connectivity index (χ0v) is 12.7. The van der Waals surface area contributed by atoms with Gasteiger partial charge in [-0.15, -0.1) is 12.4 Å². The number of benzene rings is 2. The lowest BCUT2D eigenvalue weighted by Crippen LogP contribution is -2.22. The molecule has 2 rings (SSSR count). The Morgan fingerprint density at radius 3 is 2.10 bits per heavy atom. The summed E-state index contributed by atoms with van der Waals surface area (Å²) in [7, 11) is 0. The number of hydrogen-bond acceptors (Lipinski definition) is 1. The first kappa shape index (κ1) is 16.5. The standard InChI is InChI=1S/C18H21N.ClH/c1-2-19(16-18-12-7-4-8-13-18)15-9-14-17-10-5-3-6-11-17;/h3-14H,2,15-16H2,1H3;1H. The fraction of sp³-hybridized carbons (Fsp3) is 0.222. The molecule has 0 saturated carbocycles. The molecule has 0 saturated heterocycles. The highest BCUT2D eigenvalue weighted by Crippen LogP contribution is 2.05. The Hall–Kier alpha value is -1.57. The molecule has 0 aliphatic heterocycles. The summed E-state index contributed by atoms with van der Waals surface area (Å²) < 4.78 is 0. The first-order valence-electron chi connectivity index (χ1n) is 6.86. The molecule has 20 heavy (non-hydrogen) atoms. The minimum atomic E-state index is 0. The van der Waals surface area contributed by atoms with E-state index in [2.05, 4.69) is 78.6 Å². The van der Waals surface area contributed by atoms with Crippen LogP contribution in [-0.2, 0) is 6.54 Å². The minimum Gasteiger partial charge on any atom is -0.296 e. The predicted molar refractivity (Wildman–Crippen MR) is 90.1 cm³/mol. The van der Waals surface area contributed by atoms with Crippen molar-refractivity contribution in [2.45, 2.75) is 13.5 Å². The Balaban J connectivity index is 0.00000200. The molecule has 0 aliphatic rings. The van der Waals surface area contributed by atoms with Crippen LogP contribution in [-0.4, -0.2) is 18.0 Å². The molecule has 0 aromatic heterocycles.